The molecule has 0 radical (unpaired) electrons. The van der Waals surface area contributed by atoms with E-state index in [2.05, 4.69) is 15.3 Å². The largest absolute Gasteiger partial charge is 0.487 e. The first-order chi connectivity index (χ1) is 23.9. The second kappa shape index (κ2) is 15.8. The molecule has 50 heavy (non-hydrogen) atoms. The molecule has 0 unspecified atom stereocenters. The summed E-state index contributed by atoms with van der Waals surface area (Å²) >= 11 is 13.3. The Labute approximate surface area is 300 Å². The van der Waals surface area contributed by atoms with E-state index in [4.69, 9.17) is 32.9 Å². The van der Waals surface area contributed by atoms with Crippen molar-refractivity contribution in [1.82, 2.24) is 20.3 Å². The highest BCUT2D eigenvalue weighted by Gasteiger charge is 2.20. The van der Waals surface area contributed by atoms with Crippen LogP contribution in [0.1, 0.15) is 23.7 Å². The first kappa shape index (κ1) is 35.8. The van der Waals surface area contributed by atoms with Crippen LogP contribution < -0.4 is 24.8 Å². The fraction of sp³-hybridized carbons (Fsp3) is 0.189. The molecule has 11 nitrogen and oxygen atoms in total. The van der Waals surface area contributed by atoms with Gasteiger partial charge >= 0.3 is 0 Å². The molecule has 0 aliphatic heterocycles. The maximum Gasteiger partial charge on any atom is 0.246 e. The van der Waals surface area contributed by atoms with E-state index in [0.717, 1.165) is 16.8 Å². The number of carbonyl (C=O) groups excluding carboxylic acids is 3. The van der Waals surface area contributed by atoms with Crippen molar-refractivity contribution in [3.63, 3.8) is 0 Å². The Morgan fingerprint density at radius 2 is 1.72 bits per heavy atom. The quantitative estimate of drug-likeness (QED) is 0.149. The number of nitrogens with one attached hydrogen (secondary N) is 1. The van der Waals surface area contributed by atoms with Crippen molar-refractivity contribution in [2.45, 2.75) is 20.5 Å². The number of pyridine rings is 3. The number of hydrogen-bond acceptors (Lipinski definition) is 8. The highest BCUT2D eigenvalue weighted by molar-refractivity contribution is 6.38. The molecule has 256 valence electrons. The molecule has 0 saturated carbocycles. The summed E-state index contributed by atoms with van der Waals surface area (Å²) in [6, 6.07) is 17.8. The van der Waals surface area contributed by atoms with Crippen molar-refractivity contribution in [3.8, 4) is 5.75 Å². The van der Waals surface area contributed by atoms with Crippen LogP contribution in [0.15, 0.2) is 85.3 Å². The lowest BCUT2D eigenvalue weighted by molar-refractivity contribution is -0.122. The van der Waals surface area contributed by atoms with Crippen molar-refractivity contribution in [3.05, 3.63) is 112 Å². The number of halogens is 2. The van der Waals surface area contributed by atoms with Crippen LogP contribution in [-0.2, 0) is 21.0 Å². The summed E-state index contributed by atoms with van der Waals surface area (Å²) in [5.74, 6) is -0.0989. The molecular formula is C37H35Cl2N7O4. The van der Waals surface area contributed by atoms with Crippen LogP contribution in [0, 0.1) is 6.92 Å². The summed E-state index contributed by atoms with van der Waals surface area (Å²) in [5, 5.41) is 4.17. The van der Waals surface area contributed by atoms with Gasteiger partial charge < -0.3 is 19.9 Å². The Morgan fingerprint density at radius 3 is 2.40 bits per heavy atom. The number of benzene rings is 2. The smallest absolute Gasteiger partial charge is 0.246 e. The van der Waals surface area contributed by atoms with Crippen LogP contribution in [0.4, 0.5) is 22.9 Å². The van der Waals surface area contributed by atoms with Crippen LogP contribution in [0.2, 0.25) is 10.0 Å². The number of rotatable bonds is 11. The van der Waals surface area contributed by atoms with Crippen molar-refractivity contribution < 1.29 is 19.1 Å². The molecule has 0 spiro atoms. The minimum absolute atomic E-state index is 0.0352. The summed E-state index contributed by atoms with van der Waals surface area (Å²) in [4.78, 5) is 55.8. The molecule has 5 aromatic rings. The van der Waals surface area contributed by atoms with Gasteiger partial charge in [-0.15, -0.1) is 0 Å². The second-order valence-electron chi connectivity index (χ2n) is 11.5. The van der Waals surface area contributed by atoms with Gasteiger partial charge in [0, 0.05) is 80.1 Å². The lowest BCUT2D eigenvalue weighted by atomic mass is 10.1. The molecule has 13 heteroatoms. The summed E-state index contributed by atoms with van der Waals surface area (Å²) in [7, 11) is 5.51. The molecule has 3 heterocycles. The number of carbonyl (C=O) groups is 3. The first-order valence-corrected chi connectivity index (χ1v) is 16.3. The van der Waals surface area contributed by atoms with Gasteiger partial charge in [-0.25, -0.2) is 9.97 Å². The number of fused-ring (bicyclic) bond motifs is 1. The van der Waals surface area contributed by atoms with Crippen LogP contribution in [0.25, 0.3) is 17.0 Å². The van der Waals surface area contributed by atoms with E-state index >= 15 is 0 Å². The monoisotopic (exact) mass is 711 g/mol. The Balaban J connectivity index is 1.21. The van der Waals surface area contributed by atoms with Gasteiger partial charge in [0.1, 0.15) is 23.7 Å². The van der Waals surface area contributed by atoms with Crippen LogP contribution in [0.3, 0.4) is 0 Å². The van der Waals surface area contributed by atoms with Gasteiger partial charge in [-0.05, 0) is 67.1 Å². The number of aromatic nitrogens is 3. The molecule has 0 bridgehead atoms. The maximum atomic E-state index is 13.1. The van der Waals surface area contributed by atoms with E-state index < -0.39 is 11.8 Å². The Bertz CT molecular complexity index is 2070. The Hall–Kier alpha value is -5.52. The number of nitrogens with zero attached hydrogens (tertiary/aromatic N) is 6. The SMILES string of the molecule is CC(=O)N(c1ccncc1)c1ccc(C=CC(=O)NCC(=O)N(C)c2ccc(Cl)c(COc3cccc4c(N(C)C)cc(C)nc34)c2Cl)cn1. The average molecular weight is 713 g/mol. The number of para-hydroxylation sites is 1. The zero-order valence-corrected chi connectivity index (χ0v) is 29.7. The van der Waals surface area contributed by atoms with Crippen LogP contribution in [-0.4, -0.2) is 60.4 Å². The molecule has 3 aromatic heterocycles. The fourth-order valence-corrected chi connectivity index (χ4v) is 5.79. The van der Waals surface area contributed by atoms with Gasteiger partial charge in [-0.3, -0.25) is 24.3 Å². The number of anilines is 4. The summed E-state index contributed by atoms with van der Waals surface area (Å²) in [6.45, 7) is 3.13. The third-order valence-corrected chi connectivity index (χ3v) is 8.52. The number of hydrogen-bond donors (Lipinski definition) is 1. The Kier molecular flexibility index (Phi) is 11.3. The Morgan fingerprint density at radius 1 is 0.960 bits per heavy atom. The maximum absolute atomic E-state index is 13.1. The molecule has 0 saturated heterocycles. The summed E-state index contributed by atoms with van der Waals surface area (Å²) in [5.41, 5.74) is 4.75. The number of amides is 3. The van der Waals surface area contributed by atoms with Gasteiger partial charge in [-0.2, -0.15) is 0 Å². The molecule has 3 amide bonds. The normalized spacial score (nSPS) is 11.0. The fourth-order valence-electron chi connectivity index (χ4n) is 5.18. The van der Waals surface area contributed by atoms with Gasteiger partial charge in [0.05, 0.1) is 22.9 Å². The minimum Gasteiger partial charge on any atom is -0.487 e. The topological polar surface area (TPSA) is 121 Å². The van der Waals surface area contributed by atoms with E-state index in [-0.39, 0.29) is 24.1 Å². The molecule has 0 fully saturated rings. The molecule has 1 N–H and O–H groups in total. The van der Waals surface area contributed by atoms with E-state index in [0.29, 0.717) is 44.6 Å². The van der Waals surface area contributed by atoms with Crippen LogP contribution in [0.5, 0.6) is 5.75 Å². The van der Waals surface area contributed by atoms with Gasteiger partial charge in [0.15, 0.2) is 0 Å². The average Bonchev–Trinajstić information content (AvgIpc) is 3.10. The highest BCUT2D eigenvalue weighted by atomic mass is 35.5. The first-order valence-electron chi connectivity index (χ1n) is 15.5. The number of aryl methyl sites for hydroxylation is 1. The van der Waals surface area contributed by atoms with Gasteiger partial charge in [-0.1, -0.05) is 35.3 Å². The zero-order valence-electron chi connectivity index (χ0n) is 28.1. The minimum atomic E-state index is -0.481. The third kappa shape index (κ3) is 8.19. The zero-order chi connectivity index (χ0) is 35.9. The predicted molar refractivity (Wildman–Crippen MR) is 198 cm³/mol. The van der Waals surface area contributed by atoms with Gasteiger partial charge in [0.25, 0.3) is 0 Å². The molecule has 0 atom stereocenters. The highest BCUT2D eigenvalue weighted by Crippen LogP contribution is 2.36. The standard InChI is InChI=1S/C37H35Cl2N7O4/c1-23-19-31(44(3)4)27-7-6-8-32(37(27)43-23)50-22-28-29(38)11-12-30(36(28)39)45(5)35(49)21-42-34(48)14-10-25-9-13-33(41-20-25)46(24(2)47)26-15-17-40-18-16-26/h6-20H,21-22H2,1-5H3,(H,42,48). The van der Waals surface area contributed by atoms with E-state index in [9.17, 15) is 14.4 Å². The molecule has 2 aromatic carbocycles. The molecule has 0 aliphatic rings. The summed E-state index contributed by atoms with van der Waals surface area (Å²) < 4.78 is 6.20. The van der Waals surface area contributed by atoms with E-state index in [1.807, 2.05) is 50.2 Å². The molecule has 0 aliphatic carbocycles. The van der Waals surface area contributed by atoms with Crippen LogP contribution >= 0.6 is 23.2 Å². The number of ether oxygens (including phenoxy) is 1. The lowest BCUT2D eigenvalue weighted by Gasteiger charge is -2.21. The third-order valence-electron chi connectivity index (χ3n) is 7.74. The predicted octanol–water partition coefficient (Wildman–Crippen LogP) is 6.76. The van der Waals surface area contributed by atoms with E-state index in [1.165, 1.54) is 29.0 Å². The van der Waals surface area contributed by atoms with Crippen molar-refractivity contribution >= 4 is 80.8 Å². The summed E-state index contributed by atoms with van der Waals surface area (Å²) in [6.07, 6.45) is 7.58. The van der Waals surface area contributed by atoms with Crippen molar-refractivity contribution in [2.24, 2.45) is 0 Å². The van der Waals surface area contributed by atoms with Crippen molar-refractivity contribution in [1.29, 1.82) is 0 Å². The molecular weight excluding hydrogens is 677 g/mol. The lowest BCUT2D eigenvalue weighted by Crippen LogP contribution is -2.37. The molecule has 5 rings (SSSR count). The second-order valence-corrected chi connectivity index (χ2v) is 12.3. The van der Waals surface area contributed by atoms with Gasteiger partial charge in [0.2, 0.25) is 17.7 Å². The van der Waals surface area contributed by atoms with E-state index in [1.54, 1.807) is 61.9 Å². The van der Waals surface area contributed by atoms with Crippen molar-refractivity contribution in [2.75, 3.05) is 42.4 Å². The number of likely N-dealkylation sites (N-methyl/N-ethyl adjacent to an activating group) is 1.